The molecule has 31 heavy (non-hydrogen) atoms. The highest BCUT2D eigenvalue weighted by Crippen LogP contribution is 2.43. The molecule has 0 atom stereocenters. The number of likely N-dealkylation sites (tertiary alicyclic amines) is 1. The van der Waals surface area contributed by atoms with Crippen LogP contribution in [0.2, 0.25) is 0 Å². The zero-order valence-corrected chi connectivity index (χ0v) is 18.5. The van der Waals surface area contributed by atoms with Crippen molar-refractivity contribution in [1.82, 2.24) is 23.7 Å². The summed E-state index contributed by atoms with van der Waals surface area (Å²) in [6.07, 6.45) is 8.33. The highest BCUT2D eigenvalue weighted by atomic mass is 32.2. The lowest BCUT2D eigenvalue weighted by atomic mass is 9.85. The molecule has 3 aromatic rings. The second kappa shape index (κ2) is 7.85. The van der Waals surface area contributed by atoms with E-state index in [1.807, 2.05) is 48.9 Å². The van der Waals surface area contributed by atoms with Crippen molar-refractivity contribution in [3.8, 4) is 11.3 Å². The molecule has 1 aromatic carbocycles. The number of hydrogen-bond acceptors (Lipinski definition) is 5. The van der Waals surface area contributed by atoms with Crippen LogP contribution in [0, 0.1) is 0 Å². The van der Waals surface area contributed by atoms with Gasteiger partial charge in [0.25, 0.3) is 0 Å². The third-order valence-electron chi connectivity index (χ3n) is 6.58. The van der Waals surface area contributed by atoms with Gasteiger partial charge in [0.1, 0.15) is 5.82 Å². The Morgan fingerprint density at radius 1 is 0.968 bits per heavy atom. The summed E-state index contributed by atoms with van der Waals surface area (Å²) in [4.78, 5) is 11.3. The number of fused-ring (bicyclic) bond motifs is 2. The van der Waals surface area contributed by atoms with E-state index >= 15 is 0 Å². The summed E-state index contributed by atoms with van der Waals surface area (Å²) < 4.78 is 29.5. The maximum absolute atomic E-state index is 12.8. The smallest absolute Gasteiger partial charge is 0.212 e. The Bertz CT molecular complexity index is 1150. The lowest BCUT2D eigenvalue weighted by Crippen LogP contribution is -2.59. The van der Waals surface area contributed by atoms with Crippen molar-refractivity contribution in [1.29, 1.82) is 0 Å². The van der Waals surface area contributed by atoms with Crippen molar-refractivity contribution in [2.24, 2.45) is 0 Å². The quantitative estimate of drug-likeness (QED) is 0.628. The Balaban J connectivity index is 1.48. The number of hydrogen-bond donors (Lipinski definition) is 0. The molecule has 1 fully saturated rings. The molecule has 8 heteroatoms. The molecule has 1 spiro atoms. The summed E-state index contributed by atoms with van der Waals surface area (Å²) in [7, 11) is -3.36. The van der Waals surface area contributed by atoms with Gasteiger partial charge in [-0.25, -0.2) is 13.4 Å². The topological polar surface area (TPSA) is 71.3 Å². The van der Waals surface area contributed by atoms with Crippen LogP contribution in [-0.2, 0) is 28.7 Å². The molecule has 162 valence electrons. The first-order valence-corrected chi connectivity index (χ1v) is 12.5. The lowest BCUT2D eigenvalue weighted by molar-refractivity contribution is 0.0457. The molecular formula is C23H27N5O2S. The van der Waals surface area contributed by atoms with Crippen LogP contribution in [-0.4, -0.2) is 58.0 Å². The number of benzene rings is 1. The molecule has 2 aliphatic heterocycles. The largest absolute Gasteiger partial charge is 0.325 e. The minimum Gasteiger partial charge on any atom is -0.325 e. The van der Waals surface area contributed by atoms with Gasteiger partial charge >= 0.3 is 0 Å². The third kappa shape index (κ3) is 3.69. The maximum Gasteiger partial charge on any atom is 0.212 e. The van der Waals surface area contributed by atoms with Crippen molar-refractivity contribution in [2.75, 3.05) is 25.9 Å². The zero-order chi connectivity index (χ0) is 21.5. The van der Waals surface area contributed by atoms with E-state index in [4.69, 9.17) is 4.98 Å². The molecule has 0 bridgehead atoms. The molecule has 5 rings (SSSR count). The number of piperidine rings is 1. The fourth-order valence-electron chi connectivity index (χ4n) is 5.11. The van der Waals surface area contributed by atoms with Crippen molar-refractivity contribution in [3.05, 3.63) is 72.4 Å². The monoisotopic (exact) mass is 437 g/mol. The molecule has 7 nitrogen and oxygen atoms in total. The molecule has 0 amide bonds. The molecule has 4 heterocycles. The van der Waals surface area contributed by atoms with E-state index in [-0.39, 0.29) is 0 Å². The van der Waals surface area contributed by atoms with Crippen LogP contribution in [0.15, 0.2) is 61.1 Å². The van der Waals surface area contributed by atoms with E-state index in [0.717, 1.165) is 49.6 Å². The van der Waals surface area contributed by atoms with Crippen molar-refractivity contribution in [2.45, 2.75) is 31.5 Å². The fourth-order valence-corrected chi connectivity index (χ4v) is 6.43. The van der Waals surface area contributed by atoms with Crippen LogP contribution >= 0.6 is 0 Å². The van der Waals surface area contributed by atoms with E-state index in [9.17, 15) is 8.42 Å². The second-order valence-corrected chi connectivity index (χ2v) is 10.4. The number of pyridine rings is 1. The van der Waals surface area contributed by atoms with Gasteiger partial charge in [-0.05, 0) is 36.1 Å². The molecule has 0 radical (unpaired) electrons. The van der Waals surface area contributed by atoms with Crippen molar-refractivity contribution in [3.63, 3.8) is 0 Å². The summed E-state index contributed by atoms with van der Waals surface area (Å²) in [6.45, 7) is 3.59. The molecule has 2 aliphatic rings. The third-order valence-corrected chi connectivity index (χ3v) is 7.92. The van der Waals surface area contributed by atoms with Gasteiger partial charge < -0.3 is 4.57 Å². The highest BCUT2D eigenvalue weighted by molar-refractivity contribution is 7.88. The summed E-state index contributed by atoms with van der Waals surface area (Å²) in [5.74, 6) is 0.881. The van der Waals surface area contributed by atoms with Crippen molar-refractivity contribution < 1.29 is 8.42 Å². The zero-order valence-electron chi connectivity index (χ0n) is 17.7. The standard InChI is InChI=1S/C23H27N5O2S/c1-31(29,30)28-16-15-27-21(20-5-3-2-4-6-20)17-25-22(27)23(28)9-13-26(14-10-23)18-19-7-11-24-12-8-19/h2-8,11-12,17H,9-10,13-16,18H2,1H3. The lowest BCUT2D eigenvalue weighted by Gasteiger charge is -2.49. The van der Waals surface area contributed by atoms with Crippen LogP contribution in [0.4, 0.5) is 0 Å². The number of aromatic nitrogens is 3. The van der Waals surface area contributed by atoms with E-state index in [2.05, 4.69) is 26.6 Å². The summed E-state index contributed by atoms with van der Waals surface area (Å²) >= 11 is 0. The Kier molecular flexibility index (Phi) is 5.16. The van der Waals surface area contributed by atoms with Gasteiger partial charge in [0.2, 0.25) is 10.0 Å². The highest BCUT2D eigenvalue weighted by Gasteiger charge is 2.50. The van der Waals surface area contributed by atoms with Crippen LogP contribution in [0.3, 0.4) is 0 Å². The SMILES string of the molecule is CS(=O)(=O)N1CCn2c(-c3ccccc3)cnc2C12CCN(Cc1ccncc1)CC2. The van der Waals surface area contributed by atoms with E-state index < -0.39 is 15.6 Å². The van der Waals surface area contributed by atoms with Gasteiger partial charge in [0.15, 0.2) is 0 Å². The minimum absolute atomic E-state index is 0.479. The second-order valence-electron chi connectivity index (χ2n) is 8.48. The molecule has 0 N–H and O–H groups in total. The first-order chi connectivity index (χ1) is 15.0. The number of rotatable bonds is 4. The fraction of sp³-hybridized carbons (Fsp3) is 0.391. The molecular weight excluding hydrogens is 410 g/mol. The van der Waals surface area contributed by atoms with Gasteiger partial charge in [-0.15, -0.1) is 0 Å². The van der Waals surface area contributed by atoms with Crippen molar-refractivity contribution >= 4 is 10.0 Å². The summed E-state index contributed by atoms with van der Waals surface area (Å²) in [5.41, 5.74) is 2.80. The van der Waals surface area contributed by atoms with E-state index in [0.29, 0.717) is 13.1 Å². The summed E-state index contributed by atoms with van der Waals surface area (Å²) in [6, 6.07) is 14.3. The van der Waals surface area contributed by atoms with Gasteiger partial charge in [-0.1, -0.05) is 30.3 Å². The molecule has 0 aliphatic carbocycles. The average molecular weight is 438 g/mol. The predicted octanol–water partition coefficient (Wildman–Crippen LogP) is 2.71. The van der Waals surface area contributed by atoms with Gasteiger partial charge in [-0.3, -0.25) is 9.88 Å². The maximum atomic E-state index is 12.8. The number of sulfonamides is 1. The van der Waals surface area contributed by atoms with Crippen LogP contribution < -0.4 is 0 Å². The van der Waals surface area contributed by atoms with Gasteiger partial charge in [-0.2, -0.15) is 4.31 Å². The number of nitrogens with zero attached hydrogens (tertiary/aromatic N) is 5. The summed E-state index contributed by atoms with van der Waals surface area (Å²) in [5, 5.41) is 0. The average Bonchev–Trinajstić information content (AvgIpc) is 3.21. The Morgan fingerprint density at radius 2 is 1.68 bits per heavy atom. The van der Waals surface area contributed by atoms with E-state index in [1.54, 1.807) is 4.31 Å². The first kappa shape index (κ1) is 20.4. The molecule has 2 aromatic heterocycles. The molecule has 0 saturated carbocycles. The van der Waals surface area contributed by atoms with Gasteiger partial charge in [0.05, 0.1) is 23.7 Å². The normalized spacial score (nSPS) is 19.4. The van der Waals surface area contributed by atoms with Crippen LogP contribution in [0.1, 0.15) is 24.2 Å². The molecule has 1 saturated heterocycles. The predicted molar refractivity (Wildman–Crippen MR) is 120 cm³/mol. The van der Waals surface area contributed by atoms with Crippen LogP contribution in [0.5, 0.6) is 0 Å². The minimum atomic E-state index is -3.36. The number of imidazole rings is 1. The Labute approximate surface area is 183 Å². The van der Waals surface area contributed by atoms with Gasteiger partial charge in [0, 0.05) is 45.1 Å². The Hall–Kier alpha value is -2.55. The first-order valence-electron chi connectivity index (χ1n) is 10.7. The van der Waals surface area contributed by atoms with E-state index in [1.165, 1.54) is 11.8 Å². The molecule has 0 unspecified atom stereocenters. The van der Waals surface area contributed by atoms with Crippen LogP contribution in [0.25, 0.3) is 11.3 Å². The Morgan fingerprint density at radius 3 is 2.35 bits per heavy atom.